The van der Waals surface area contributed by atoms with Crippen LogP contribution in [0.25, 0.3) is 0 Å². The van der Waals surface area contributed by atoms with Crippen molar-refractivity contribution >= 4 is 23.2 Å². The van der Waals surface area contributed by atoms with Gasteiger partial charge in [0.05, 0.1) is 12.5 Å². The van der Waals surface area contributed by atoms with E-state index in [0.717, 1.165) is 4.88 Å². The highest BCUT2D eigenvalue weighted by Gasteiger charge is 2.19. The second-order valence-electron chi connectivity index (χ2n) is 5.81. The quantitative estimate of drug-likeness (QED) is 0.768. The zero-order valence-corrected chi connectivity index (χ0v) is 14.5. The topological polar surface area (TPSA) is 75.6 Å². The predicted octanol–water partition coefficient (Wildman–Crippen LogP) is 3.27. The van der Waals surface area contributed by atoms with Gasteiger partial charge >= 0.3 is 5.97 Å². The molecule has 1 amide bonds. The van der Waals surface area contributed by atoms with E-state index in [9.17, 15) is 9.59 Å². The molecule has 0 unspecified atom stereocenters. The molecule has 1 atom stereocenters. The van der Waals surface area contributed by atoms with E-state index in [-0.39, 0.29) is 30.9 Å². The molecule has 0 aliphatic heterocycles. The van der Waals surface area contributed by atoms with Crippen LogP contribution in [-0.2, 0) is 16.0 Å². The van der Waals surface area contributed by atoms with Gasteiger partial charge in [0, 0.05) is 4.88 Å². The van der Waals surface area contributed by atoms with Gasteiger partial charge in [-0.1, -0.05) is 32.0 Å². The summed E-state index contributed by atoms with van der Waals surface area (Å²) in [6.45, 7) is 4.05. The molecule has 24 heavy (non-hydrogen) atoms. The monoisotopic (exact) mass is 347 g/mol. The number of carboxylic acids is 1. The van der Waals surface area contributed by atoms with Gasteiger partial charge in [-0.3, -0.25) is 9.59 Å². The first-order valence-corrected chi connectivity index (χ1v) is 8.60. The summed E-state index contributed by atoms with van der Waals surface area (Å²) in [5.41, 5.74) is 0.692. The molecular weight excluding hydrogens is 326 g/mol. The normalized spacial score (nSPS) is 12.0. The van der Waals surface area contributed by atoms with Crippen molar-refractivity contribution in [1.29, 1.82) is 0 Å². The van der Waals surface area contributed by atoms with Crippen molar-refractivity contribution in [2.24, 2.45) is 5.92 Å². The summed E-state index contributed by atoms with van der Waals surface area (Å²) in [4.78, 5) is 23.9. The maximum Gasteiger partial charge on any atom is 0.307 e. The molecule has 2 aromatic rings. The average Bonchev–Trinajstić information content (AvgIpc) is 3.05. The number of thiophene rings is 1. The van der Waals surface area contributed by atoms with Crippen molar-refractivity contribution in [3.05, 3.63) is 52.2 Å². The number of benzene rings is 1. The number of hydrogen-bond acceptors (Lipinski definition) is 4. The Hall–Kier alpha value is -2.34. The third kappa shape index (κ3) is 5.38. The first kappa shape index (κ1) is 18.0. The number of nitrogens with one attached hydrogen (secondary N) is 1. The number of amides is 1. The minimum Gasteiger partial charge on any atom is -0.484 e. The summed E-state index contributed by atoms with van der Waals surface area (Å²) in [6, 6.07) is 10.7. The van der Waals surface area contributed by atoms with E-state index in [1.165, 1.54) is 0 Å². The molecule has 0 aliphatic carbocycles. The summed E-state index contributed by atoms with van der Waals surface area (Å²) < 4.78 is 5.47. The molecule has 0 saturated heterocycles. The number of carboxylic acid groups (broad SMARTS) is 1. The second-order valence-corrected chi connectivity index (χ2v) is 6.79. The van der Waals surface area contributed by atoms with Crippen LogP contribution in [0, 0.1) is 5.92 Å². The molecule has 0 radical (unpaired) electrons. The minimum atomic E-state index is -0.878. The lowest BCUT2D eigenvalue weighted by Gasteiger charge is -2.21. The zero-order valence-electron chi connectivity index (χ0n) is 13.7. The molecule has 1 aromatic heterocycles. The molecule has 0 bridgehead atoms. The van der Waals surface area contributed by atoms with Gasteiger partial charge < -0.3 is 15.2 Å². The smallest absolute Gasteiger partial charge is 0.307 e. The minimum absolute atomic E-state index is 0.0287. The number of hydrogen-bond donors (Lipinski definition) is 2. The third-order valence-corrected chi connectivity index (χ3v) is 4.44. The van der Waals surface area contributed by atoms with Gasteiger partial charge in [-0.05, 0) is 35.1 Å². The maximum absolute atomic E-state index is 12.1. The van der Waals surface area contributed by atoms with Crippen molar-refractivity contribution in [3.8, 4) is 5.75 Å². The molecule has 128 valence electrons. The lowest BCUT2D eigenvalue weighted by molar-refractivity contribution is -0.136. The van der Waals surface area contributed by atoms with Gasteiger partial charge in [-0.2, -0.15) is 0 Å². The molecular formula is C18H21NO4S. The highest BCUT2D eigenvalue weighted by Crippen LogP contribution is 2.25. The highest BCUT2D eigenvalue weighted by molar-refractivity contribution is 7.10. The SMILES string of the molecule is CC(C)[C@@H](NC(=O)COc1ccc(CC(=O)O)cc1)c1cccs1. The Bertz CT molecular complexity index is 665. The fourth-order valence-electron chi connectivity index (χ4n) is 2.28. The van der Waals surface area contributed by atoms with Crippen molar-refractivity contribution in [2.75, 3.05) is 6.61 Å². The van der Waals surface area contributed by atoms with Crippen LogP contribution in [-0.4, -0.2) is 23.6 Å². The Morgan fingerprint density at radius 3 is 2.46 bits per heavy atom. The van der Waals surface area contributed by atoms with Gasteiger partial charge in [0.1, 0.15) is 5.75 Å². The Morgan fingerprint density at radius 1 is 1.21 bits per heavy atom. The van der Waals surface area contributed by atoms with Gasteiger partial charge in [-0.25, -0.2) is 0 Å². The van der Waals surface area contributed by atoms with Crippen LogP contribution >= 0.6 is 11.3 Å². The average molecular weight is 347 g/mol. The fourth-order valence-corrected chi connectivity index (χ4v) is 3.23. The van der Waals surface area contributed by atoms with E-state index in [1.807, 2.05) is 17.5 Å². The number of carbonyl (C=O) groups is 2. The number of ether oxygens (including phenoxy) is 1. The fraction of sp³-hybridized carbons (Fsp3) is 0.333. The molecule has 1 aromatic carbocycles. The largest absolute Gasteiger partial charge is 0.484 e. The molecule has 2 rings (SSSR count). The van der Waals surface area contributed by atoms with Crippen molar-refractivity contribution < 1.29 is 19.4 Å². The number of aliphatic carboxylic acids is 1. The van der Waals surface area contributed by atoms with Gasteiger partial charge in [0.2, 0.25) is 0 Å². The summed E-state index contributed by atoms with van der Waals surface area (Å²) in [7, 11) is 0. The first-order chi connectivity index (χ1) is 11.5. The Morgan fingerprint density at radius 2 is 1.92 bits per heavy atom. The molecule has 0 saturated carbocycles. The van der Waals surface area contributed by atoms with E-state index >= 15 is 0 Å². The third-order valence-electron chi connectivity index (χ3n) is 3.48. The van der Waals surface area contributed by atoms with Gasteiger partial charge in [0.15, 0.2) is 6.61 Å². The van der Waals surface area contributed by atoms with E-state index in [2.05, 4.69) is 19.2 Å². The van der Waals surface area contributed by atoms with Gasteiger partial charge in [-0.15, -0.1) is 11.3 Å². The van der Waals surface area contributed by atoms with Gasteiger partial charge in [0.25, 0.3) is 5.91 Å². The van der Waals surface area contributed by atoms with Crippen molar-refractivity contribution in [3.63, 3.8) is 0 Å². The Labute approximate surface area is 145 Å². The lowest BCUT2D eigenvalue weighted by atomic mass is 10.0. The summed E-state index contributed by atoms with van der Waals surface area (Å²) in [5.74, 6) is -0.243. The summed E-state index contributed by atoms with van der Waals surface area (Å²) in [5, 5.41) is 13.7. The predicted molar refractivity (Wildman–Crippen MR) is 93.3 cm³/mol. The van der Waals surface area contributed by atoms with E-state index < -0.39 is 5.97 Å². The number of carbonyl (C=O) groups excluding carboxylic acids is 1. The number of rotatable bonds is 8. The van der Waals surface area contributed by atoms with Crippen LogP contribution in [0.2, 0.25) is 0 Å². The van der Waals surface area contributed by atoms with Crippen molar-refractivity contribution in [1.82, 2.24) is 5.32 Å². The molecule has 2 N–H and O–H groups in total. The first-order valence-electron chi connectivity index (χ1n) is 7.72. The van der Waals surface area contributed by atoms with Crippen LogP contribution in [0.4, 0.5) is 0 Å². The second kappa shape index (κ2) is 8.49. The van der Waals surface area contributed by atoms with Crippen LogP contribution in [0.3, 0.4) is 0 Å². The van der Waals surface area contributed by atoms with E-state index in [0.29, 0.717) is 11.3 Å². The highest BCUT2D eigenvalue weighted by atomic mass is 32.1. The van der Waals surface area contributed by atoms with E-state index in [1.54, 1.807) is 35.6 Å². The van der Waals surface area contributed by atoms with Crippen LogP contribution in [0.1, 0.15) is 30.3 Å². The van der Waals surface area contributed by atoms with Crippen LogP contribution < -0.4 is 10.1 Å². The standard InChI is InChI=1S/C18H21NO4S/c1-12(2)18(15-4-3-9-24-15)19-16(20)11-23-14-7-5-13(6-8-14)10-17(21)22/h3-9,12,18H,10-11H2,1-2H3,(H,19,20)(H,21,22)/t18-/m1/s1. The zero-order chi connectivity index (χ0) is 17.5. The van der Waals surface area contributed by atoms with Crippen LogP contribution in [0.15, 0.2) is 41.8 Å². The summed E-state index contributed by atoms with van der Waals surface area (Å²) in [6.07, 6.45) is -0.0301. The Balaban J connectivity index is 1.87. The maximum atomic E-state index is 12.1. The molecule has 5 nitrogen and oxygen atoms in total. The molecule has 0 aliphatic rings. The lowest BCUT2D eigenvalue weighted by Crippen LogP contribution is -2.34. The molecule has 6 heteroatoms. The summed E-state index contributed by atoms with van der Waals surface area (Å²) >= 11 is 1.62. The van der Waals surface area contributed by atoms with E-state index in [4.69, 9.17) is 9.84 Å². The molecule has 0 spiro atoms. The van der Waals surface area contributed by atoms with Crippen molar-refractivity contribution in [2.45, 2.75) is 26.3 Å². The Kier molecular flexibility index (Phi) is 6.37. The van der Waals surface area contributed by atoms with Crippen LogP contribution in [0.5, 0.6) is 5.75 Å². The molecule has 0 fully saturated rings. The molecule has 1 heterocycles.